The van der Waals surface area contributed by atoms with E-state index in [1.165, 1.54) is 12.1 Å². The molecule has 0 saturated heterocycles. The Labute approximate surface area is 119 Å². The lowest BCUT2D eigenvalue weighted by Gasteiger charge is -2.08. The standard InChI is InChI=1S/C12H12BrFN2O2S/c13-10-3-4-12(11(14)9-10)19(17,18)15-5-8-16-6-1-2-7-16/h1-4,6-7,9,15H,5,8H2. The predicted octanol–water partition coefficient (Wildman–Crippen LogP) is 2.37. The van der Waals surface area contributed by atoms with Gasteiger partial charge in [0, 0.05) is 30.0 Å². The Morgan fingerprint density at radius 3 is 2.58 bits per heavy atom. The van der Waals surface area contributed by atoms with Gasteiger partial charge in [0.05, 0.1) is 0 Å². The number of halogens is 2. The third-order valence-electron chi connectivity index (χ3n) is 2.51. The lowest BCUT2D eigenvalue weighted by molar-refractivity contribution is 0.551. The molecule has 1 aromatic heterocycles. The molecular weight excluding hydrogens is 335 g/mol. The van der Waals surface area contributed by atoms with Crippen molar-refractivity contribution in [3.63, 3.8) is 0 Å². The molecule has 2 rings (SSSR count). The molecule has 0 spiro atoms. The van der Waals surface area contributed by atoms with Gasteiger partial charge in [-0.25, -0.2) is 17.5 Å². The molecule has 0 atom stereocenters. The van der Waals surface area contributed by atoms with Crippen molar-refractivity contribution in [3.05, 3.63) is 53.0 Å². The van der Waals surface area contributed by atoms with E-state index in [9.17, 15) is 12.8 Å². The summed E-state index contributed by atoms with van der Waals surface area (Å²) in [5, 5.41) is 0. The Kier molecular flexibility index (Phi) is 4.38. The molecule has 0 aliphatic rings. The molecule has 0 bridgehead atoms. The molecule has 0 fully saturated rings. The zero-order valence-corrected chi connectivity index (χ0v) is 12.3. The fourth-order valence-corrected chi connectivity index (χ4v) is 3.01. The second kappa shape index (κ2) is 5.85. The fraction of sp³-hybridized carbons (Fsp3) is 0.167. The number of rotatable bonds is 5. The summed E-state index contributed by atoms with van der Waals surface area (Å²) in [6.07, 6.45) is 3.66. The monoisotopic (exact) mass is 346 g/mol. The lowest BCUT2D eigenvalue weighted by atomic mass is 10.3. The number of hydrogen-bond acceptors (Lipinski definition) is 2. The Morgan fingerprint density at radius 2 is 1.95 bits per heavy atom. The van der Waals surface area contributed by atoms with Gasteiger partial charge in [-0.05, 0) is 30.3 Å². The van der Waals surface area contributed by atoms with Gasteiger partial charge in [0.25, 0.3) is 0 Å². The minimum atomic E-state index is -3.82. The van der Waals surface area contributed by atoms with Crippen LogP contribution in [0.2, 0.25) is 0 Å². The van der Waals surface area contributed by atoms with Crippen LogP contribution in [0, 0.1) is 5.82 Å². The summed E-state index contributed by atoms with van der Waals surface area (Å²) in [5.41, 5.74) is 0. The molecule has 7 heteroatoms. The van der Waals surface area contributed by atoms with E-state index in [0.717, 1.165) is 6.07 Å². The average Bonchev–Trinajstić information content (AvgIpc) is 2.81. The molecule has 2 aromatic rings. The van der Waals surface area contributed by atoms with Gasteiger partial charge in [-0.1, -0.05) is 15.9 Å². The fourth-order valence-electron chi connectivity index (χ4n) is 1.60. The molecule has 102 valence electrons. The molecule has 0 saturated carbocycles. The van der Waals surface area contributed by atoms with Crippen molar-refractivity contribution in [1.82, 2.24) is 9.29 Å². The molecule has 1 heterocycles. The Morgan fingerprint density at radius 1 is 1.26 bits per heavy atom. The number of benzene rings is 1. The number of nitrogens with zero attached hydrogens (tertiary/aromatic N) is 1. The zero-order valence-electron chi connectivity index (χ0n) is 9.88. The van der Waals surface area contributed by atoms with Crippen molar-refractivity contribution in [2.24, 2.45) is 0 Å². The van der Waals surface area contributed by atoms with Crippen molar-refractivity contribution < 1.29 is 12.8 Å². The van der Waals surface area contributed by atoms with E-state index in [1.54, 1.807) is 0 Å². The molecule has 19 heavy (non-hydrogen) atoms. The van der Waals surface area contributed by atoms with Crippen LogP contribution in [-0.2, 0) is 16.6 Å². The smallest absolute Gasteiger partial charge is 0.243 e. The SMILES string of the molecule is O=S(=O)(NCCn1cccc1)c1ccc(Br)cc1F. The van der Waals surface area contributed by atoms with Gasteiger partial charge < -0.3 is 4.57 Å². The molecule has 0 radical (unpaired) electrons. The van der Waals surface area contributed by atoms with Crippen LogP contribution >= 0.6 is 15.9 Å². The first kappa shape index (κ1) is 14.2. The van der Waals surface area contributed by atoms with Crippen LogP contribution in [0.1, 0.15) is 0 Å². The molecule has 0 amide bonds. The minimum Gasteiger partial charge on any atom is -0.353 e. The van der Waals surface area contributed by atoms with Crippen molar-refractivity contribution in [2.45, 2.75) is 11.4 Å². The lowest BCUT2D eigenvalue weighted by Crippen LogP contribution is -2.27. The third-order valence-corrected chi connectivity index (χ3v) is 4.50. The molecule has 4 nitrogen and oxygen atoms in total. The van der Waals surface area contributed by atoms with Crippen LogP contribution in [0.15, 0.2) is 52.1 Å². The zero-order chi connectivity index (χ0) is 13.9. The summed E-state index contributed by atoms with van der Waals surface area (Å²) >= 11 is 3.08. The maximum absolute atomic E-state index is 13.6. The summed E-state index contributed by atoms with van der Waals surface area (Å²) in [4.78, 5) is -0.344. The van der Waals surface area contributed by atoms with E-state index in [1.807, 2.05) is 29.1 Å². The second-order valence-corrected chi connectivity index (χ2v) is 6.54. The Balaban J connectivity index is 2.05. The quantitative estimate of drug-likeness (QED) is 0.903. The van der Waals surface area contributed by atoms with Gasteiger partial charge in [0.1, 0.15) is 10.7 Å². The third kappa shape index (κ3) is 3.65. The van der Waals surface area contributed by atoms with Crippen LogP contribution in [0.25, 0.3) is 0 Å². The van der Waals surface area contributed by atoms with E-state index >= 15 is 0 Å². The van der Waals surface area contributed by atoms with Crippen molar-refractivity contribution >= 4 is 26.0 Å². The maximum atomic E-state index is 13.6. The number of nitrogens with one attached hydrogen (secondary N) is 1. The predicted molar refractivity (Wildman–Crippen MR) is 73.7 cm³/mol. The van der Waals surface area contributed by atoms with Gasteiger partial charge in [0.15, 0.2) is 0 Å². The Hall–Kier alpha value is -1.18. The summed E-state index contributed by atoms with van der Waals surface area (Å²) in [6, 6.07) is 7.55. The van der Waals surface area contributed by atoms with Crippen LogP contribution in [0.3, 0.4) is 0 Å². The van der Waals surface area contributed by atoms with Crippen LogP contribution in [0.4, 0.5) is 4.39 Å². The van der Waals surface area contributed by atoms with Gasteiger partial charge in [-0.3, -0.25) is 0 Å². The van der Waals surface area contributed by atoms with Gasteiger partial charge in [0.2, 0.25) is 10.0 Å². The first-order valence-electron chi connectivity index (χ1n) is 5.54. The summed E-state index contributed by atoms with van der Waals surface area (Å²) < 4.78 is 42.1. The maximum Gasteiger partial charge on any atom is 0.243 e. The van der Waals surface area contributed by atoms with Crippen molar-refractivity contribution in [2.75, 3.05) is 6.54 Å². The topological polar surface area (TPSA) is 51.1 Å². The first-order chi connectivity index (χ1) is 8.99. The largest absolute Gasteiger partial charge is 0.353 e. The molecule has 0 aliphatic carbocycles. The van der Waals surface area contributed by atoms with E-state index in [4.69, 9.17) is 0 Å². The molecular formula is C12H12BrFN2O2S. The first-order valence-corrected chi connectivity index (χ1v) is 7.82. The number of hydrogen-bond donors (Lipinski definition) is 1. The van der Waals surface area contributed by atoms with E-state index < -0.39 is 15.8 Å². The van der Waals surface area contributed by atoms with E-state index in [2.05, 4.69) is 20.7 Å². The van der Waals surface area contributed by atoms with Crippen LogP contribution in [-0.4, -0.2) is 19.5 Å². The Bertz CT molecular complexity index is 656. The highest BCUT2D eigenvalue weighted by atomic mass is 79.9. The van der Waals surface area contributed by atoms with Gasteiger partial charge >= 0.3 is 0 Å². The van der Waals surface area contributed by atoms with Crippen molar-refractivity contribution in [1.29, 1.82) is 0 Å². The molecule has 0 aliphatic heterocycles. The molecule has 1 aromatic carbocycles. The summed E-state index contributed by atoms with van der Waals surface area (Å²) in [6.45, 7) is 0.691. The van der Waals surface area contributed by atoms with Crippen LogP contribution in [0.5, 0.6) is 0 Å². The van der Waals surface area contributed by atoms with Gasteiger partial charge in [-0.15, -0.1) is 0 Å². The highest BCUT2D eigenvalue weighted by molar-refractivity contribution is 9.10. The summed E-state index contributed by atoms with van der Waals surface area (Å²) in [5.74, 6) is -0.775. The number of sulfonamides is 1. The number of aromatic nitrogens is 1. The highest BCUT2D eigenvalue weighted by Crippen LogP contribution is 2.19. The van der Waals surface area contributed by atoms with Crippen LogP contribution < -0.4 is 4.72 Å². The molecule has 0 unspecified atom stereocenters. The summed E-state index contributed by atoms with van der Waals surface area (Å²) in [7, 11) is -3.82. The molecule has 1 N–H and O–H groups in total. The minimum absolute atomic E-state index is 0.201. The second-order valence-electron chi connectivity index (χ2n) is 3.89. The van der Waals surface area contributed by atoms with E-state index in [0.29, 0.717) is 11.0 Å². The highest BCUT2D eigenvalue weighted by Gasteiger charge is 2.18. The average molecular weight is 347 g/mol. The van der Waals surface area contributed by atoms with Gasteiger partial charge in [-0.2, -0.15) is 0 Å². The van der Waals surface area contributed by atoms with E-state index in [-0.39, 0.29) is 11.4 Å². The van der Waals surface area contributed by atoms with Crippen molar-refractivity contribution in [3.8, 4) is 0 Å². The normalized spacial score (nSPS) is 11.7.